The minimum absolute atomic E-state index is 0.162. The third-order valence-corrected chi connectivity index (χ3v) is 8.46. The molecule has 5 rings (SSSR count). The number of rotatable bonds is 6. The third-order valence-electron chi connectivity index (χ3n) is 6.97. The molecule has 40 heavy (non-hydrogen) atoms. The molecule has 3 aromatic heterocycles. The van der Waals surface area contributed by atoms with Crippen LogP contribution in [0.15, 0.2) is 58.4 Å². The first-order valence-electron chi connectivity index (χ1n) is 12.1. The molecule has 0 amide bonds. The molecule has 4 aromatic rings. The first kappa shape index (κ1) is 28.0. The molecule has 1 aliphatic rings. The summed E-state index contributed by atoms with van der Waals surface area (Å²) < 4.78 is 82.4. The van der Waals surface area contributed by atoms with E-state index in [-0.39, 0.29) is 39.4 Å². The predicted octanol–water partition coefficient (Wildman–Crippen LogP) is 6.46. The van der Waals surface area contributed by atoms with Crippen molar-refractivity contribution in [3.63, 3.8) is 0 Å². The summed E-state index contributed by atoms with van der Waals surface area (Å²) in [5.41, 5.74) is -0.560. The van der Waals surface area contributed by atoms with Crippen LogP contribution in [0.2, 0.25) is 5.02 Å². The Labute approximate surface area is 232 Å². The lowest BCUT2D eigenvalue weighted by atomic mass is 10.1. The first-order valence-corrected chi connectivity index (χ1v) is 14.4. The van der Waals surface area contributed by atoms with Gasteiger partial charge in [-0.25, -0.2) is 26.0 Å². The van der Waals surface area contributed by atoms with Gasteiger partial charge in [-0.1, -0.05) is 23.7 Å². The van der Waals surface area contributed by atoms with Crippen molar-refractivity contribution in [3.8, 4) is 16.9 Å². The zero-order chi connectivity index (χ0) is 29.1. The highest BCUT2D eigenvalue weighted by Crippen LogP contribution is 2.55. The number of aryl methyl sites for hydroxylation is 2. The van der Waals surface area contributed by atoms with Crippen LogP contribution in [0.1, 0.15) is 52.9 Å². The Morgan fingerprint density at radius 3 is 2.42 bits per heavy atom. The lowest BCUT2D eigenvalue weighted by molar-refractivity contribution is 0.146. The predicted molar refractivity (Wildman–Crippen MR) is 142 cm³/mol. The molecule has 0 unspecified atom stereocenters. The molecule has 1 aromatic carbocycles. The Hall–Kier alpha value is -3.57. The molecule has 0 spiro atoms. The fourth-order valence-corrected chi connectivity index (χ4v) is 5.99. The molecule has 0 N–H and O–H groups in total. The van der Waals surface area contributed by atoms with Crippen LogP contribution >= 0.6 is 11.6 Å². The second-order valence-corrected chi connectivity index (χ2v) is 12.1. The Bertz CT molecular complexity index is 1840. The maximum atomic E-state index is 16.0. The molecule has 0 aliphatic heterocycles. The van der Waals surface area contributed by atoms with Crippen LogP contribution in [0.3, 0.4) is 0 Å². The van der Waals surface area contributed by atoms with Gasteiger partial charge in [-0.3, -0.25) is 19.3 Å². The summed E-state index contributed by atoms with van der Waals surface area (Å²) in [5.74, 6) is -2.63. The van der Waals surface area contributed by atoms with Gasteiger partial charge in [-0.05, 0) is 67.6 Å². The van der Waals surface area contributed by atoms with Crippen molar-refractivity contribution in [1.82, 2.24) is 14.5 Å². The highest BCUT2D eigenvalue weighted by atomic mass is 35.5. The van der Waals surface area contributed by atoms with Crippen LogP contribution in [0.4, 0.5) is 17.6 Å². The van der Waals surface area contributed by atoms with E-state index in [4.69, 9.17) is 11.6 Å². The largest absolute Gasteiger partial charge is 0.280 e. The molecule has 1 fully saturated rings. The number of hydrogen-bond donors (Lipinski definition) is 0. The average molecular weight is 592 g/mol. The fourth-order valence-electron chi connectivity index (χ4n) is 4.95. The van der Waals surface area contributed by atoms with Crippen molar-refractivity contribution in [2.45, 2.75) is 43.4 Å². The Morgan fingerprint density at radius 1 is 1.05 bits per heavy atom. The van der Waals surface area contributed by atoms with Gasteiger partial charge in [0.05, 0.1) is 5.69 Å². The Morgan fingerprint density at radius 2 is 1.75 bits per heavy atom. The van der Waals surface area contributed by atoms with Crippen LogP contribution in [-0.4, -0.2) is 29.2 Å². The SMILES string of the molecule is Cc1cnc(-c2cccc(S(C)(=O)=O)c2F)c(F)c1-n1c(C)cc([C@H]2C[C@@H]2c2cccc(C(F)F)n2)c(Cl)c1=O. The topological polar surface area (TPSA) is 81.9 Å². The second kappa shape index (κ2) is 10.1. The Kier molecular flexibility index (Phi) is 7.08. The number of halogens is 5. The van der Waals surface area contributed by atoms with E-state index in [0.717, 1.165) is 16.9 Å². The number of aromatic nitrogens is 3. The van der Waals surface area contributed by atoms with Crippen LogP contribution < -0.4 is 5.56 Å². The van der Waals surface area contributed by atoms with Gasteiger partial charge in [0, 0.05) is 35.3 Å². The quantitative estimate of drug-likeness (QED) is 0.241. The standard InChI is InChI=1S/C28H22ClF4N3O3S/c1-13-12-34-25(15-6-4-9-21(23(15)30)40(3,38)39)24(31)26(13)36-14(2)10-18(22(29)28(36)37)16-11-17(16)19-7-5-8-20(35-19)27(32)33/h4-10,12,16-17,27H,11H2,1-3H3/t16-,17-/m0/s1. The minimum Gasteiger partial charge on any atom is -0.277 e. The number of pyridine rings is 3. The monoisotopic (exact) mass is 591 g/mol. The number of alkyl halides is 2. The molecule has 0 saturated heterocycles. The van der Waals surface area contributed by atoms with Crippen LogP contribution in [0.25, 0.3) is 16.9 Å². The van der Waals surface area contributed by atoms with Crippen LogP contribution in [0, 0.1) is 25.5 Å². The van der Waals surface area contributed by atoms with Gasteiger partial charge in [-0.15, -0.1) is 0 Å². The molecule has 1 aliphatic carbocycles. The second-order valence-electron chi connectivity index (χ2n) is 9.77. The lowest BCUT2D eigenvalue weighted by Gasteiger charge is -2.18. The maximum absolute atomic E-state index is 16.0. The van der Waals surface area contributed by atoms with E-state index in [1.54, 1.807) is 19.1 Å². The summed E-state index contributed by atoms with van der Waals surface area (Å²) >= 11 is 6.51. The van der Waals surface area contributed by atoms with E-state index >= 15 is 8.78 Å². The van der Waals surface area contributed by atoms with Gasteiger partial charge in [0.15, 0.2) is 21.5 Å². The fraction of sp³-hybridized carbons (Fsp3) is 0.250. The lowest BCUT2D eigenvalue weighted by Crippen LogP contribution is -2.24. The highest BCUT2D eigenvalue weighted by Gasteiger charge is 2.43. The molecule has 2 atom stereocenters. The van der Waals surface area contributed by atoms with E-state index in [1.165, 1.54) is 37.4 Å². The number of nitrogens with zero attached hydrogens (tertiary/aromatic N) is 3. The van der Waals surface area contributed by atoms with Gasteiger partial charge < -0.3 is 0 Å². The first-order chi connectivity index (χ1) is 18.8. The molecule has 208 valence electrons. The van der Waals surface area contributed by atoms with E-state index in [0.29, 0.717) is 23.4 Å². The molecular weight excluding hydrogens is 570 g/mol. The Balaban J connectivity index is 1.59. The van der Waals surface area contributed by atoms with Crippen LogP contribution in [-0.2, 0) is 9.84 Å². The molecule has 1 saturated carbocycles. The minimum atomic E-state index is -3.94. The van der Waals surface area contributed by atoms with E-state index < -0.39 is 44.0 Å². The molecule has 12 heteroatoms. The number of hydrogen-bond acceptors (Lipinski definition) is 5. The van der Waals surface area contributed by atoms with E-state index in [9.17, 15) is 22.0 Å². The van der Waals surface area contributed by atoms with Crippen molar-refractivity contribution in [3.05, 3.63) is 104 Å². The van der Waals surface area contributed by atoms with E-state index in [1.807, 2.05) is 0 Å². The average Bonchev–Trinajstić information content (AvgIpc) is 3.69. The summed E-state index contributed by atoms with van der Waals surface area (Å²) in [4.78, 5) is 20.9. The summed E-state index contributed by atoms with van der Waals surface area (Å²) in [6.07, 6.45) is -0.0720. The van der Waals surface area contributed by atoms with Crippen molar-refractivity contribution >= 4 is 21.4 Å². The van der Waals surface area contributed by atoms with Crippen molar-refractivity contribution < 1.29 is 26.0 Å². The number of sulfone groups is 1. The van der Waals surface area contributed by atoms with Gasteiger partial charge in [0.1, 0.15) is 21.3 Å². The molecule has 0 bridgehead atoms. The van der Waals surface area contributed by atoms with Crippen molar-refractivity contribution in [1.29, 1.82) is 0 Å². The molecule has 3 heterocycles. The number of benzene rings is 1. The van der Waals surface area contributed by atoms with E-state index in [2.05, 4.69) is 9.97 Å². The van der Waals surface area contributed by atoms with Gasteiger partial charge in [-0.2, -0.15) is 0 Å². The third kappa shape index (κ3) is 4.81. The van der Waals surface area contributed by atoms with Gasteiger partial charge >= 0.3 is 0 Å². The summed E-state index contributed by atoms with van der Waals surface area (Å²) in [6, 6.07) is 9.57. The van der Waals surface area contributed by atoms with Crippen molar-refractivity contribution in [2.24, 2.45) is 0 Å². The maximum Gasteiger partial charge on any atom is 0.280 e. The smallest absolute Gasteiger partial charge is 0.277 e. The normalized spacial score (nSPS) is 16.9. The summed E-state index contributed by atoms with van der Waals surface area (Å²) in [5, 5.41) is -0.162. The van der Waals surface area contributed by atoms with Crippen LogP contribution in [0.5, 0.6) is 0 Å². The summed E-state index contributed by atoms with van der Waals surface area (Å²) in [6.45, 7) is 3.10. The zero-order valence-corrected chi connectivity index (χ0v) is 23.0. The highest BCUT2D eigenvalue weighted by molar-refractivity contribution is 7.90. The summed E-state index contributed by atoms with van der Waals surface area (Å²) in [7, 11) is -3.94. The molecular formula is C28H22ClF4N3O3S. The zero-order valence-electron chi connectivity index (χ0n) is 21.4. The molecule has 6 nitrogen and oxygen atoms in total. The van der Waals surface area contributed by atoms with Gasteiger partial charge in [0.25, 0.3) is 12.0 Å². The molecule has 0 radical (unpaired) electrons. The van der Waals surface area contributed by atoms with Crippen molar-refractivity contribution in [2.75, 3.05) is 6.26 Å². The van der Waals surface area contributed by atoms with Gasteiger partial charge in [0.2, 0.25) is 0 Å².